The number of alkyl halides is 4. The van der Waals surface area contributed by atoms with Gasteiger partial charge in [0, 0.05) is 51.2 Å². The van der Waals surface area contributed by atoms with E-state index in [2.05, 4.69) is 15.4 Å². The van der Waals surface area contributed by atoms with Crippen LogP contribution in [0, 0.1) is 5.92 Å². The average molecular weight is 377 g/mol. The van der Waals surface area contributed by atoms with Crippen LogP contribution in [0.15, 0.2) is 5.16 Å². The van der Waals surface area contributed by atoms with Crippen molar-refractivity contribution >= 4 is 11.6 Å². The number of nitrogens with one attached hydrogen (secondary N) is 1. The van der Waals surface area contributed by atoms with Gasteiger partial charge in [-0.3, -0.25) is 9.69 Å². The molecule has 4 aliphatic rings. The number of nitrogens with zero attached hydrogens (tertiary/aromatic N) is 2. The third-order valence-electron chi connectivity index (χ3n) is 5.84. The molecule has 1 spiro atoms. The highest BCUT2D eigenvalue weighted by Gasteiger charge is 2.50. The predicted octanol–water partition coefficient (Wildman–Crippen LogP) is 2.56. The number of likely N-dealkylation sites (tertiary alicyclic amines) is 1. The van der Waals surface area contributed by atoms with Gasteiger partial charge in [-0.1, -0.05) is 5.16 Å². The molecule has 1 saturated heterocycles. The fourth-order valence-corrected chi connectivity index (χ4v) is 4.52. The average Bonchev–Trinajstić information content (AvgIpc) is 2.87. The van der Waals surface area contributed by atoms with Crippen LogP contribution in [0.25, 0.3) is 0 Å². The van der Waals surface area contributed by atoms with Gasteiger partial charge in [0.2, 0.25) is 5.92 Å². The molecule has 2 saturated carbocycles. The summed E-state index contributed by atoms with van der Waals surface area (Å²) in [5, 5.41) is 6.48. The molecule has 3 fully saturated rings. The van der Waals surface area contributed by atoms with Crippen molar-refractivity contribution < 1.29 is 27.2 Å². The van der Waals surface area contributed by atoms with Crippen LogP contribution in [0.4, 0.5) is 17.6 Å². The Morgan fingerprint density at radius 3 is 2.54 bits per heavy atom. The molecule has 2 aliphatic carbocycles. The third kappa shape index (κ3) is 3.68. The molecule has 1 N–H and O–H groups in total. The van der Waals surface area contributed by atoms with E-state index in [1.165, 1.54) is 0 Å². The Kier molecular flexibility index (Phi) is 4.20. The lowest BCUT2D eigenvalue weighted by molar-refractivity contribution is -0.126. The first-order valence-electron chi connectivity index (χ1n) is 9.18. The lowest BCUT2D eigenvalue weighted by Crippen LogP contribution is -2.53. The number of hydrogen-bond donors (Lipinski definition) is 1. The first-order chi connectivity index (χ1) is 12.1. The van der Waals surface area contributed by atoms with Crippen LogP contribution in [-0.2, 0) is 9.63 Å². The van der Waals surface area contributed by atoms with Crippen molar-refractivity contribution in [1.82, 2.24) is 10.2 Å². The molecule has 26 heavy (non-hydrogen) atoms. The van der Waals surface area contributed by atoms with E-state index in [9.17, 15) is 22.4 Å². The number of carbonyl (C=O) groups is 1. The normalized spacial score (nSPS) is 33.9. The SMILES string of the molecule is O=C(NC1CC(F)(F)C1)C1=NO[C@]2(CCCN(CC3CC(F)(F)C3)C2)C1. The number of hydrogen-bond acceptors (Lipinski definition) is 4. The van der Waals surface area contributed by atoms with Crippen LogP contribution < -0.4 is 5.32 Å². The van der Waals surface area contributed by atoms with Gasteiger partial charge in [-0.15, -0.1) is 0 Å². The maximum Gasteiger partial charge on any atom is 0.269 e. The van der Waals surface area contributed by atoms with Gasteiger partial charge in [-0.05, 0) is 25.3 Å². The van der Waals surface area contributed by atoms with E-state index in [1.54, 1.807) is 0 Å². The summed E-state index contributed by atoms with van der Waals surface area (Å²) >= 11 is 0. The van der Waals surface area contributed by atoms with Crippen molar-refractivity contribution in [1.29, 1.82) is 0 Å². The summed E-state index contributed by atoms with van der Waals surface area (Å²) in [5.41, 5.74) is -0.363. The first kappa shape index (κ1) is 18.0. The quantitative estimate of drug-likeness (QED) is 0.767. The van der Waals surface area contributed by atoms with E-state index in [0.717, 1.165) is 19.4 Å². The summed E-state index contributed by atoms with van der Waals surface area (Å²) in [6, 6.07) is -0.514. The summed E-state index contributed by atoms with van der Waals surface area (Å²) in [7, 11) is 0. The molecule has 0 aromatic rings. The zero-order chi connectivity index (χ0) is 18.6. The second-order valence-corrected chi connectivity index (χ2v) is 8.39. The lowest BCUT2D eigenvalue weighted by Gasteiger charge is -2.43. The predicted molar refractivity (Wildman–Crippen MR) is 85.3 cm³/mol. The van der Waals surface area contributed by atoms with Crippen LogP contribution in [0.1, 0.15) is 44.9 Å². The van der Waals surface area contributed by atoms with Gasteiger partial charge in [0.05, 0.1) is 0 Å². The lowest BCUT2D eigenvalue weighted by atomic mass is 9.80. The molecule has 2 aliphatic heterocycles. The van der Waals surface area contributed by atoms with Crippen LogP contribution in [0.5, 0.6) is 0 Å². The van der Waals surface area contributed by atoms with Crippen molar-refractivity contribution in [3.8, 4) is 0 Å². The molecule has 1 amide bonds. The van der Waals surface area contributed by atoms with Crippen LogP contribution >= 0.6 is 0 Å². The van der Waals surface area contributed by atoms with Crippen molar-refractivity contribution in [3.05, 3.63) is 0 Å². The minimum Gasteiger partial charge on any atom is -0.387 e. The molecule has 4 rings (SSSR count). The molecule has 5 nitrogen and oxygen atoms in total. The Morgan fingerprint density at radius 1 is 1.19 bits per heavy atom. The highest BCUT2D eigenvalue weighted by Crippen LogP contribution is 2.43. The third-order valence-corrected chi connectivity index (χ3v) is 5.84. The molecule has 2 heterocycles. The van der Waals surface area contributed by atoms with Gasteiger partial charge >= 0.3 is 0 Å². The van der Waals surface area contributed by atoms with Crippen LogP contribution in [0.2, 0.25) is 0 Å². The first-order valence-corrected chi connectivity index (χ1v) is 9.18. The number of amides is 1. The molecule has 0 aromatic heterocycles. The van der Waals surface area contributed by atoms with Crippen molar-refractivity contribution in [2.75, 3.05) is 19.6 Å². The minimum atomic E-state index is -2.69. The van der Waals surface area contributed by atoms with Gasteiger partial charge in [0.25, 0.3) is 11.8 Å². The topological polar surface area (TPSA) is 53.9 Å². The van der Waals surface area contributed by atoms with Gasteiger partial charge in [0.1, 0.15) is 5.71 Å². The minimum absolute atomic E-state index is 0.00512. The van der Waals surface area contributed by atoms with E-state index >= 15 is 0 Å². The zero-order valence-electron chi connectivity index (χ0n) is 14.4. The Morgan fingerprint density at radius 2 is 1.88 bits per heavy atom. The summed E-state index contributed by atoms with van der Waals surface area (Å²) < 4.78 is 51.8. The highest BCUT2D eigenvalue weighted by atomic mass is 19.3. The molecule has 0 bridgehead atoms. The number of halogens is 4. The van der Waals surface area contributed by atoms with E-state index in [-0.39, 0.29) is 37.3 Å². The van der Waals surface area contributed by atoms with Crippen molar-refractivity contribution in [3.63, 3.8) is 0 Å². The molecule has 0 unspecified atom stereocenters. The Hall–Kier alpha value is -1.38. The standard InChI is InChI=1S/C17H23F4N3O2/c18-16(19)4-11(5-16)9-24-3-1-2-15(10-24)8-13(23-26-15)14(25)22-12-6-17(20,21)7-12/h11-12H,1-10H2,(H,22,25)/t15-/m1/s1. The fourth-order valence-electron chi connectivity index (χ4n) is 4.52. The molecular weight excluding hydrogens is 354 g/mol. The number of rotatable bonds is 4. The number of carbonyl (C=O) groups excluding carboxylic acids is 1. The molecule has 146 valence electrons. The smallest absolute Gasteiger partial charge is 0.269 e. The van der Waals surface area contributed by atoms with Gasteiger partial charge in [-0.2, -0.15) is 0 Å². The van der Waals surface area contributed by atoms with Gasteiger partial charge < -0.3 is 10.2 Å². The number of oxime groups is 1. The second-order valence-electron chi connectivity index (χ2n) is 8.39. The fraction of sp³-hybridized carbons (Fsp3) is 0.882. The largest absolute Gasteiger partial charge is 0.387 e. The molecule has 9 heteroatoms. The Bertz CT molecular complexity index is 611. The van der Waals surface area contributed by atoms with Gasteiger partial charge in [-0.25, -0.2) is 17.6 Å². The van der Waals surface area contributed by atoms with Crippen LogP contribution in [-0.4, -0.2) is 59.6 Å². The van der Waals surface area contributed by atoms with E-state index in [1.807, 2.05) is 0 Å². The Labute approximate surface area is 149 Å². The van der Waals surface area contributed by atoms with Crippen molar-refractivity contribution in [2.24, 2.45) is 11.1 Å². The van der Waals surface area contributed by atoms with Crippen molar-refractivity contribution in [2.45, 2.75) is 68.4 Å². The number of piperidine rings is 1. The second kappa shape index (κ2) is 6.07. The molecule has 0 radical (unpaired) electrons. The van der Waals surface area contributed by atoms with E-state index < -0.39 is 29.4 Å². The molecular formula is C17H23F4N3O2. The maximum atomic E-state index is 13.0. The monoisotopic (exact) mass is 377 g/mol. The summed E-state index contributed by atoms with van der Waals surface area (Å²) in [4.78, 5) is 19.9. The molecule has 0 aromatic carbocycles. The molecule has 1 atom stereocenters. The van der Waals surface area contributed by atoms with E-state index in [0.29, 0.717) is 19.5 Å². The Balaban J connectivity index is 1.27. The van der Waals surface area contributed by atoms with Crippen LogP contribution in [0.3, 0.4) is 0 Å². The zero-order valence-corrected chi connectivity index (χ0v) is 14.4. The van der Waals surface area contributed by atoms with E-state index in [4.69, 9.17) is 4.84 Å². The summed E-state index contributed by atoms with van der Waals surface area (Å²) in [6.07, 6.45) is 1.13. The summed E-state index contributed by atoms with van der Waals surface area (Å²) in [5.74, 6) is -5.65. The summed E-state index contributed by atoms with van der Waals surface area (Å²) in [6.45, 7) is 1.99. The van der Waals surface area contributed by atoms with Gasteiger partial charge in [0.15, 0.2) is 5.60 Å². The maximum absolute atomic E-state index is 13.0. The highest BCUT2D eigenvalue weighted by molar-refractivity contribution is 6.39.